The van der Waals surface area contributed by atoms with Gasteiger partial charge in [-0.05, 0) is 43.9 Å². The molecule has 0 radical (unpaired) electrons. The van der Waals surface area contributed by atoms with Gasteiger partial charge in [-0.3, -0.25) is 10.1 Å². The lowest BCUT2D eigenvalue weighted by atomic mass is 10.0. The fraction of sp³-hybridized carbons (Fsp3) is 0.438. The van der Waals surface area contributed by atoms with Crippen LogP contribution in [-0.4, -0.2) is 41.9 Å². The molecule has 1 aliphatic rings. The second-order valence-corrected chi connectivity index (χ2v) is 9.83. The molecule has 1 N–H and O–H groups in total. The molecule has 2 aromatic rings. The van der Waals surface area contributed by atoms with Crippen molar-refractivity contribution in [1.29, 1.82) is 0 Å². The maximum Gasteiger partial charge on any atom is 0.257 e. The van der Waals surface area contributed by atoms with Gasteiger partial charge in [-0.2, -0.15) is 4.31 Å². The van der Waals surface area contributed by atoms with E-state index in [9.17, 15) is 13.2 Å². The maximum absolute atomic E-state index is 13.0. The third-order valence-corrected chi connectivity index (χ3v) is 7.28. The van der Waals surface area contributed by atoms with Crippen LogP contribution in [-0.2, 0) is 10.0 Å². The van der Waals surface area contributed by atoms with Crippen molar-refractivity contribution < 1.29 is 13.2 Å². The first-order valence-electron chi connectivity index (χ1n) is 8.18. The first-order valence-corrected chi connectivity index (χ1v) is 10.8. The van der Waals surface area contributed by atoms with Crippen molar-refractivity contribution in [3.05, 3.63) is 33.8 Å². The first kappa shape index (κ1) is 19.2. The second-order valence-electron chi connectivity index (χ2n) is 6.34. The zero-order valence-corrected chi connectivity index (χ0v) is 16.8. The Morgan fingerprint density at radius 2 is 2.15 bits per heavy atom. The van der Waals surface area contributed by atoms with Gasteiger partial charge in [0.25, 0.3) is 5.91 Å². The number of nitrogens with zero attached hydrogens (tertiary/aromatic N) is 3. The molecule has 1 aromatic heterocycles. The summed E-state index contributed by atoms with van der Waals surface area (Å²) in [4.78, 5) is 12.4. The Morgan fingerprint density at radius 3 is 2.81 bits per heavy atom. The number of nitrogens with one attached hydrogen (secondary N) is 1. The van der Waals surface area contributed by atoms with E-state index in [1.54, 1.807) is 6.92 Å². The SMILES string of the molecule is Cc1nnc(NC(=O)c2ccc(Cl)c(S(=O)(=O)N3CCCC(C)C3)c2)s1. The molecule has 0 saturated carbocycles. The summed E-state index contributed by atoms with van der Waals surface area (Å²) in [6.07, 6.45) is 1.82. The van der Waals surface area contributed by atoms with Crippen molar-refractivity contribution in [2.45, 2.75) is 31.6 Å². The Bertz CT molecular complexity index is 929. The van der Waals surface area contributed by atoms with Crippen LogP contribution >= 0.6 is 22.9 Å². The lowest BCUT2D eigenvalue weighted by molar-refractivity contribution is 0.102. The molecule has 1 amide bonds. The number of carbonyl (C=O) groups excluding carboxylic acids is 1. The minimum Gasteiger partial charge on any atom is -0.296 e. The normalized spacial score (nSPS) is 18.7. The van der Waals surface area contributed by atoms with Crippen LogP contribution < -0.4 is 5.32 Å². The molecular formula is C16H19ClN4O3S2. The van der Waals surface area contributed by atoms with Crippen LogP contribution in [0.2, 0.25) is 5.02 Å². The van der Waals surface area contributed by atoms with Gasteiger partial charge in [-0.25, -0.2) is 8.42 Å². The molecule has 3 rings (SSSR count). The molecule has 1 saturated heterocycles. The van der Waals surface area contributed by atoms with Crippen LogP contribution in [0.4, 0.5) is 5.13 Å². The number of halogens is 1. The third kappa shape index (κ3) is 4.06. The fourth-order valence-corrected chi connectivity index (χ4v) is 5.55. The highest BCUT2D eigenvalue weighted by atomic mass is 35.5. The predicted molar refractivity (Wildman–Crippen MR) is 101 cm³/mol. The monoisotopic (exact) mass is 414 g/mol. The molecule has 1 atom stereocenters. The minimum absolute atomic E-state index is 0.0469. The molecule has 1 fully saturated rings. The molecule has 0 aliphatic carbocycles. The minimum atomic E-state index is -3.75. The van der Waals surface area contributed by atoms with Gasteiger partial charge in [0.15, 0.2) is 0 Å². The van der Waals surface area contributed by atoms with Gasteiger partial charge in [0.2, 0.25) is 15.2 Å². The van der Waals surface area contributed by atoms with Gasteiger partial charge in [0, 0.05) is 18.7 Å². The van der Waals surface area contributed by atoms with Crippen LogP contribution in [0.3, 0.4) is 0 Å². The Labute approximate surface area is 161 Å². The summed E-state index contributed by atoms with van der Waals surface area (Å²) < 4.78 is 27.4. The van der Waals surface area contributed by atoms with Crippen LogP contribution in [0.15, 0.2) is 23.1 Å². The maximum atomic E-state index is 13.0. The molecule has 2 heterocycles. The number of rotatable bonds is 4. The Kier molecular flexibility index (Phi) is 5.61. The number of anilines is 1. The number of aryl methyl sites for hydroxylation is 1. The van der Waals surface area contributed by atoms with Gasteiger partial charge in [0.05, 0.1) is 5.02 Å². The van der Waals surface area contributed by atoms with Crippen molar-refractivity contribution in [2.75, 3.05) is 18.4 Å². The van der Waals surface area contributed by atoms with Crippen LogP contribution in [0.25, 0.3) is 0 Å². The summed E-state index contributed by atoms with van der Waals surface area (Å²) in [7, 11) is -3.75. The van der Waals surface area contributed by atoms with Crippen LogP contribution in [0.1, 0.15) is 35.1 Å². The summed E-state index contributed by atoms with van der Waals surface area (Å²) in [5, 5.41) is 11.5. The molecular weight excluding hydrogens is 396 g/mol. The summed E-state index contributed by atoms with van der Waals surface area (Å²) >= 11 is 7.39. The van der Waals surface area contributed by atoms with Gasteiger partial charge >= 0.3 is 0 Å². The zero-order valence-electron chi connectivity index (χ0n) is 14.4. The molecule has 0 bridgehead atoms. The summed E-state index contributed by atoms with van der Waals surface area (Å²) in [6, 6.07) is 4.24. The molecule has 1 aliphatic heterocycles. The fourth-order valence-electron chi connectivity index (χ4n) is 2.86. The number of carbonyl (C=O) groups is 1. The number of sulfonamides is 1. The Balaban J connectivity index is 1.88. The van der Waals surface area contributed by atoms with E-state index in [-0.39, 0.29) is 15.5 Å². The van der Waals surface area contributed by atoms with Gasteiger partial charge in [-0.1, -0.05) is 29.9 Å². The quantitative estimate of drug-likeness (QED) is 0.829. The zero-order chi connectivity index (χ0) is 18.9. The van der Waals surface area contributed by atoms with E-state index in [4.69, 9.17) is 11.6 Å². The highest BCUT2D eigenvalue weighted by molar-refractivity contribution is 7.89. The van der Waals surface area contributed by atoms with Gasteiger partial charge < -0.3 is 0 Å². The van der Waals surface area contributed by atoms with Crippen molar-refractivity contribution in [1.82, 2.24) is 14.5 Å². The van der Waals surface area contributed by atoms with E-state index < -0.39 is 15.9 Å². The molecule has 0 spiro atoms. The van der Waals surface area contributed by atoms with E-state index >= 15 is 0 Å². The number of amides is 1. The van der Waals surface area contributed by atoms with Crippen molar-refractivity contribution >= 4 is 44.0 Å². The smallest absolute Gasteiger partial charge is 0.257 e. The van der Waals surface area contributed by atoms with E-state index in [2.05, 4.69) is 15.5 Å². The summed E-state index contributed by atoms with van der Waals surface area (Å²) in [5.74, 6) is -0.161. The topological polar surface area (TPSA) is 92.3 Å². The number of hydrogen-bond acceptors (Lipinski definition) is 6. The Hall–Kier alpha value is -1.55. The standard InChI is InChI=1S/C16H19ClN4O3S2/c1-10-4-3-7-21(9-10)26(23,24)14-8-12(5-6-13(14)17)15(22)18-16-20-19-11(2)25-16/h5-6,8,10H,3-4,7,9H2,1-2H3,(H,18,20,22). The van der Waals surface area contributed by atoms with Gasteiger partial charge in [0.1, 0.15) is 9.90 Å². The first-order chi connectivity index (χ1) is 12.3. The van der Waals surface area contributed by atoms with Gasteiger partial charge in [-0.15, -0.1) is 10.2 Å². The average molecular weight is 415 g/mol. The highest BCUT2D eigenvalue weighted by Crippen LogP contribution is 2.29. The molecule has 1 unspecified atom stereocenters. The largest absolute Gasteiger partial charge is 0.296 e. The van der Waals surface area contributed by atoms with Crippen LogP contribution in [0.5, 0.6) is 0 Å². The lowest BCUT2D eigenvalue weighted by Crippen LogP contribution is -2.39. The van der Waals surface area contributed by atoms with Crippen molar-refractivity contribution in [2.24, 2.45) is 5.92 Å². The molecule has 10 heteroatoms. The average Bonchev–Trinajstić information content (AvgIpc) is 3.00. The second kappa shape index (κ2) is 7.59. The molecule has 1 aromatic carbocycles. The van der Waals surface area contributed by atoms with E-state index in [1.807, 2.05) is 6.92 Å². The number of benzene rings is 1. The van der Waals surface area contributed by atoms with E-state index in [1.165, 1.54) is 33.8 Å². The summed E-state index contributed by atoms with van der Waals surface area (Å²) in [5.41, 5.74) is 0.200. The molecule has 140 valence electrons. The lowest BCUT2D eigenvalue weighted by Gasteiger charge is -2.30. The predicted octanol–water partition coefficient (Wildman–Crippen LogP) is 3.17. The number of aromatic nitrogens is 2. The molecule has 26 heavy (non-hydrogen) atoms. The van der Waals surface area contributed by atoms with E-state index in [0.717, 1.165) is 17.8 Å². The summed E-state index contributed by atoms with van der Waals surface area (Å²) in [6.45, 7) is 4.72. The van der Waals surface area contributed by atoms with Crippen LogP contribution in [0, 0.1) is 12.8 Å². The molecule has 7 nitrogen and oxygen atoms in total. The Morgan fingerprint density at radius 1 is 1.38 bits per heavy atom. The van der Waals surface area contributed by atoms with Crippen molar-refractivity contribution in [3.8, 4) is 0 Å². The number of piperidine rings is 1. The van der Waals surface area contributed by atoms with E-state index in [0.29, 0.717) is 24.1 Å². The third-order valence-electron chi connectivity index (χ3n) is 4.18. The number of hydrogen-bond donors (Lipinski definition) is 1. The van der Waals surface area contributed by atoms with Crippen molar-refractivity contribution in [3.63, 3.8) is 0 Å². The highest BCUT2D eigenvalue weighted by Gasteiger charge is 2.31.